The molecule has 0 spiro atoms. The molecule has 2 heterocycles. The van der Waals surface area contributed by atoms with Crippen LogP contribution in [0.3, 0.4) is 0 Å². The molecule has 5 nitrogen and oxygen atoms in total. The van der Waals surface area contributed by atoms with Crippen LogP contribution in [0.1, 0.15) is 24.4 Å². The van der Waals surface area contributed by atoms with E-state index < -0.39 is 6.04 Å². The van der Waals surface area contributed by atoms with Gasteiger partial charge in [-0.25, -0.2) is 4.79 Å². The summed E-state index contributed by atoms with van der Waals surface area (Å²) >= 11 is 0. The van der Waals surface area contributed by atoms with Crippen LogP contribution in [0.5, 0.6) is 0 Å². The van der Waals surface area contributed by atoms with Crippen molar-refractivity contribution in [1.82, 2.24) is 15.5 Å². The molecule has 19 heavy (non-hydrogen) atoms. The van der Waals surface area contributed by atoms with E-state index in [1.54, 1.807) is 0 Å². The number of hydrogen-bond donors (Lipinski definition) is 2. The smallest absolute Gasteiger partial charge is 0.322 e. The van der Waals surface area contributed by atoms with Gasteiger partial charge in [0.25, 0.3) is 5.91 Å². The van der Waals surface area contributed by atoms with Crippen molar-refractivity contribution in [2.45, 2.75) is 24.9 Å². The number of rotatable bonds is 2. The molecule has 100 valence electrons. The highest BCUT2D eigenvalue weighted by Crippen LogP contribution is 2.25. The quantitative estimate of drug-likeness (QED) is 0.780. The zero-order chi connectivity index (χ0) is 13.2. The van der Waals surface area contributed by atoms with Gasteiger partial charge in [-0.2, -0.15) is 0 Å². The Hall–Kier alpha value is -1.88. The summed E-state index contributed by atoms with van der Waals surface area (Å²) in [4.78, 5) is 25.9. The van der Waals surface area contributed by atoms with E-state index in [0.717, 1.165) is 31.5 Å². The first-order chi connectivity index (χ1) is 9.27. The van der Waals surface area contributed by atoms with Gasteiger partial charge in [-0.05, 0) is 31.5 Å². The zero-order valence-corrected chi connectivity index (χ0v) is 10.6. The number of amides is 3. The molecule has 0 unspecified atom stereocenters. The second-order valence-corrected chi connectivity index (χ2v) is 4.98. The summed E-state index contributed by atoms with van der Waals surface area (Å²) in [7, 11) is 0. The fourth-order valence-electron chi connectivity index (χ4n) is 2.78. The van der Waals surface area contributed by atoms with Crippen LogP contribution < -0.4 is 10.6 Å². The van der Waals surface area contributed by atoms with Gasteiger partial charge in [-0.1, -0.05) is 30.3 Å². The van der Waals surface area contributed by atoms with Crippen molar-refractivity contribution in [1.29, 1.82) is 0 Å². The van der Waals surface area contributed by atoms with Gasteiger partial charge >= 0.3 is 6.03 Å². The lowest BCUT2D eigenvalue weighted by molar-refractivity contribution is -0.129. The van der Waals surface area contributed by atoms with Crippen molar-refractivity contribution >= 4 is 11.9 Å². The molecule has 1 aromatic rings. The summed E-state index contributed by atoms with van der Waals surface area (Å²) in [6.07, 6.45) is 1.67. The minimum Gasteiger partial charge on any atom is -0.322 e. The lowest BCUT2D eigenvalue weighted by Gasteiger charge is -2.29. The third-order valence-corrected chi connectivity index (χ3v) is 3.78. The molecule has 3 rings (SSSR count). The van der Waals surface area contributed by atoms with Gasteiger partial charge in [-0.3, -0.25) is 9.69 Å². The summed E-state index contributed by atoms with van der Waals surface area (Å²) in [5.74, 6) is -0.122. The molecular weight excluding hydrogens is 242 g/mol. The number of carbonyl (C=O) groups is 2. The lowest BCUT2D eigenvalue weighted by Crippen LogP contribution is -2.46. The number of nitrogens with one attached hydrogen (secondary N) is 2. The molecule has 2 aliphatic rings. The van der Waals surface area contributed by atoms with E-state index in [9.17, 15) is 9.59 Å². The van der Waals surface area contributed by atoms with Gasteiger partial charge in [0.2, 0.25) is 0 Å². The molecule has 0 bridgehead atoms. The molecular formula is C14H17N3O2. The van der Waals surface area contributed by atoms with Gasteiger partial charge in [0.05, 0.1) is 0 Å². The van der Waals surface area contributed by atoms with Crippen molar-refractivity contribution in [3.8, 4) is 0 Å². The van der Waals surface area contributed by atoms with E-state index in [-0.39, 0.29) is 18.0 Å². The van der Waals surface area contributed by atoms with E-state index in [4.69, 9.17) is 0 Å². The van der Waals surface area contributed by atoms with Gasteiger partial charge in [0.1, 0.15) is 6.04 Å². The third kappa shape index (κ3) is 2.21. The average molecular weight is 259 g/mol. The van der Waals surface area contributed by atoms with Crippen LogP contribution in [0.25, 0.3) is 0 Å². The molecule has 1 atom stereocenters. The first-order valence-electron chi connectivity index (χ1n) is 6.66. The third-order valence-electron chi connectivity index (χ3n) is 3.78. The Balaban J connectivity index is 1.81. The minimum absolute atomic E-state index is 0.0301. The van der Waals surface area contributed by atoms with Crippen molar-refractivity contribution in [2.75, 3.05) is 13.1 Å². The van der Waals surface area contributed by atoms with E-state index in [2.05, 4.69) is 10.6 Å². The van der Waals surface area contributed by atoms with Crippen molar-refractivity contribution < 1.29 is 9.59 Å². The van der Waals surface area contributed by atoms with E-state index >= 15 is 0 Å². The minimum atomic E-state index is -0.524. The van der Waals surface area contributed by atoms with Crippen LogP contribution in [0.2, 0.25) is 0 Å². The molecule has 0 aliphatic carbocycles. The summed E-state index contributed by atoms with van der Waals surface area (Å²) in [6.45, 7) is 1.72. The van der Waals surface area contributed by atoms with E-state index in [1.165, 1.54) is 4.90 Å². The highest BCUT2D eigenvalue weighted by molar-refractivity contribution is 6.05. The van der Waals surface area contributed by atoms with Crippen LogP contribution in [0.15, 0.2) is 30.3 Å². The normalized spacial score (nSPS) is 24.6. The molecule has 3 amide bonds. The SMILES string of the molecule is O=C1N[C@@H](c2ccccc2)C(=O)N1C1CCNCC1. The molecule has 5 heteroatoms. The van der Waals surface area contributed by atoms with Gasteiger partial charge < -0.3 is 10.6 Å². The highest BCUT2D eigenvalue weighted by Gasteiger charge is 2.42. The maximum absolute atomic E-state index is 12.4. The summed E-state index contributed by atoms with van der Waals surface area (Å²) in [5, 5.41) is 6.03. The molecule has 2 N–H and O–H groups in total. The summed E-state index contributed by atoms with van der Waals surface area (Å²) in [6, 6.07) is 8.64. The summed E-state index contributed by atoms with van der Waals surface area (Å²) in [5.41, 5.74) is 0.845. The second-order valence-electron chi connectivity index (χ2n) is 4.98. The highest BCUT2D eigenvalue weighted by atomic mass is 16.2. The standard InChI is InChI=1S/C14H17N3O2/c18-13-12(10-4-2-1-3-5-10)16-14(19)17(13)11-6-8-15-9-7-11/h1-5,11-12,15H,6-9H2,(H,16,19)/t12-/m0/s1. The molecule has 2 aliphatic heterocycles. The molecule has 2 fully saturated rings. The van der Waals surface area contributed by atoms with Crippen molar-refractivity contribution in [2.24, 2.45) is 0 Å². The number of carbonyl (C=O) groups excluding carboxylic acids is 2. The van der Waals surface area contributed by atoms with Crippen LogP contribution in [-0.2, 0) is 4.79 Å². The molecule has 0 radical (unpaired) electrons. The molecule has 0 aromatic heterocycles. The predicted molar refractivity (Wildman–Crippen MR) is 70.5 cm³/mol. The van der Waals surface area contributed by atoms with E-state index in [0.29, 0.717) is 0 Å². The number of imide groups is 1. The Morgan fingerprint density at radius 1 is 1.05 bits per heavy atom. The Kier molecular flexibility index (Phi) is 3.21. The van der Waals surface area contributed by atoms with Gasteiger partial charge in [0.15, 0.2) is 0 Å². The van der Waals surface area contributed by atoms with Gasteiger partial charge in [-0.15, -0.1) is 0 Å². The fourth-order valence-corrected chi connectivity index (χ4v) is 2.78. The van der Waals surface area contributed by atoms with Crippen molar-refractivity contribution in [3.05, 3.63) is 35.9 Å². The Morgan fingerprint density at radius 2 is 1.74 bits per heavy atom. The van der Waals surface area contributed by atoms with E-state index in [1.807, 2.05) is 30.3 Å². The first-order valence-corrected chi connectivity index (χ1v) is 6.66. The lowest BCUT2D eigenvalue weighted by atomic mass is 10.0. The molecule has 0 saturated carbocycles. The largest absolute Gasteiger partial charge is 0.325 e. The number of piperidine rings is 1. The fraction of sp³-hybridized carbons (Fsp3) is 0.429. The van der Waals surface area contributed by atoms with Crippen molar-refractivity contribution in [3.63, 3.8) is 0 Å². The maximum atomic E-state index is 12.4. The van der Waals surface area contributed by atoms with Gasteiger partial charge in [0, 0.05) is 6.04 Å². The second kappa shape index (κ2) is 5.01. The maximum Gasteiger partial charge on any atom is 0.325 e. The van der Waals surface area contributed by atoms with Crippen LogP contribution in [0, 0.1) is 0 Å². The topological polar surface area (TPSA) is 61.4 Å². The molecule has 1 aromatic carbocycles. The summed E-state index contributed by atoms with van der Waals surface area (Å²) < 4.78 is 0. The van der Waals surface area contributed by atoms with Crippen LogP contribution in [-0.4, -0.2) is 36.0 Å². The number of nitrogens with zero attached hydrogens (tertiary/aromatic N) is 1. The number of hydrogen-bond acceptors (Lipinski definition) is 3. The zero-order valence-electron chi connectivity index (χ0n) is 10.6. The Labute approximate surface area is 112 Å². The van der Waals surface area contributed by atoms with Crippen LogP contribution >= 0.6 is 0 Å². The Bertz CT molecular complexity index is 483. The number of urea groups is 1. The predicted octanol–water partition coefficient (Wildman–Crippen LogP) is 1.03. The molecule has 2 saturated heterocycles. The van der Waals surface area contributed by atoms with Crippen LogP contribution in [0.4, 0.5) is 4.79 Å². The average Bonchev–Trinajstić information content (AvgIpc) is 2.76. The first kappa shape index (κ1) is 12.2. The number of benzene rings is 1. The Morgan fingerprint density at radius 3 is 2.42 bits per heavy atom. The monoisotopic (exact) mass is 259 g/mol.